The zero-order valence-electron chi connectivity index (χ0n) is 17.6. The maximum atomic E-state index is 14.2. The number of aryl methyl sites for hydroxylation is 2. The summed E-state index contributed by atoms with van der Waals surface area (Å²) >= 11 is 0. The largest absolute Gasteiger partial charge is 0.508 e. The summed E-state index contributed by atoms with van der Waals surface area (Å²) in [6.45, 7) is 3.68. The van der Waals surface area contributed by atoms with Crippen LogP contribution >= 0.6 is 0 Å². The number of rotatable bonds is 4. The first-order chi connectivity index (χ1) is 14.8. The SMILES string of the molecule is CN=Cc1c(-c2c(C)noc2C)c(-c2ccc(O)cc2)c(-c2ccc(F)c(F)c2)n1C. The Bertz CT molecular complexity index is 1280. The van der Waals surface area contributed by atoms with Crippen LogP contribution in [0.2, 0.25) is 0 Å². The zero-order valence-corrected chi connectivity index (χ0v) is 17.6. The summed E-state index contributed by atoms with van der Waals surface area (Å²) < 4.78 is 35.2. The van der Waals surface area contributed by atoms with Crippen LogP contribution in [0.3, 0.4) is 0 Å². The summed E-state index contributed by atoms with van der Waals surface area (Å²) in [6.07, 6.45) is 1.72. The van der Waals surface area contributed by atoms with Crippen molar-refractivity contribution in [3.05, 3.63) is 71.2 Å². The summed E-state index contributed by atoms with van der Waals surface area (Å²) in [7, 11) is 3.51. The topological polar surface area (TPSA) is 63.6 Å². The Balaban J connectivity index is 2.18. The molecule has 0 radical (unpaired) electrons. The molecule has 5 nitrogen and oxygen atoms in total. The second-order valence-corrected chi connectivity index (χ2v) is 7.31. The smallest absolute Gasteiger partial charge is 0.159 e. The van der Waals surface area contributed by atoms with Crippen molar-refractivity contribution in [2.45, 2.75) is 13.8 Å². The standard InChI is InChI=1S/C24H21F2N3O2/c1-13-21(14(2)31-28-13)23-20(12-27-3)29(4)24(16-7-10-18(25)19(26)11-16)22(23)15-5-8-17(30)9-6-15/h5-12,30H,1-4H3. The highest BCUT2D eigenvalue weighted by Crippen LogP contribution is 2.46. The van der Waals surface area contributed by atoms with E-state index in [0.717, 1.165) is 34.0 Å². The molecule has 0 aliphatic rings. The van der Waals surface area contributed by atoms with Gasteiger partial charge in [0.15, 0.2) is 11.6 Å². The van der Waals surface area contributed by atoms with Gasteiger partial charge in [0.05, 0.1) is 22.6 Å². The summed E-state index contributed by atoms with van der Waals surface area (Å²) in [4.78, 5) is 4.21. The van der Waals surface area contributed by atoms with Crippen LogP contribution in [-0.2, 0) is 7.05 Å². The maximum Gasteiger partial charge on any atom is 0.159 e. The van der Waals surface area contributed by atoms with Crippen LogP contribution in [0.4, 0.5) is 8.78 Å². The molecule has 0 bridgehead atoms. The number of aromatic hydroxyl groups is 1. The molecule has 31 heavy (non-hydrogen) atoms. The van der Waals surface area contributed by atoms with E-state index in [1.807, 2.05) is 25.5 Å². The van der Waals surface area contributed by atoms with Crippen molar-refractivity contribution in [3.63, 3.8) is 0 Å². The Kier molecular flexibility index (Phi) is 5.19. The number of hydrogen-bond acceptors (Lipinski definition) is 4. The highest BCUT2D eigenvalue weighted by Gasteiger charge is 2.28. The van der Waals surface area contributed by atoms with Crippen LogP contribution in [-0.4, -0.2) is 28.1 Å². The fourth-order valence-electron chi connectivity index (χ4n) is 3.96. The van der Waals surface area contributed by atoms with Crippen LogP contribution in [0.5, 0.6) is 5.75 Å². The van der Waals surface area contributed by atoms with Crippen molar-refractivity contribution < 1.29 is 18.4 Å². The van der Waals surface area contributed by atoms with Gasteiger partial charge in [0.25, 0.3) is 0 Å². The van der Waals surface area contributed by atoms with Gasteiger partial charge >= 0.3 is 0 Å². The Hall–Kier alpha value is -3.74. The minimum absolute atomic E-state index is 0.128. The third-order valence-electron chi connectivity index (χ3n) is 5.32. The average molecular weight is 421 g/mol. The number of benzene rings is 2. The van der Waals surface area contributed by atoms with Gasteiger partial charge in [-0.25, -0.2) is 8.78 Å². The van der Waals surface area contributed by atoms with Gasteiger partial charge in [0.1, 0.15) is 11.5 Å². The Labute approximate surface area is 178 Å². The molecule has 0 aliphatic heterocycles. The molecule has 2 aromatic carbocycles. The lowest BCUT2D eigenvalue weighted by molar-refractivity contribution is 0.393. The van der Waals surface area contributed by atoms with E-state index in [9.17, 15) is 13.9 Å². The van der Waals surface area contributed by atoms with Gasteiger partial charge in [0.2, 0.25) is 0 Å². The molecule has 0 fully saturated rings. The zero-order chi connectivity index (χ0) is 22.3. The van der Waals surface area contributed by atoms with E-state index in [-0.39, 0.29) is 5.75 Å². The third kappa shape index (κ3) is 3.42. The predicted molar refractivity (Wildman–Crippen MR) is 116 cm³/mol. The van der Waals surface area contributed by atoms with E-state index in [1.165, 1.54) is 6.07 Å². The minimum Gasteiger partial charge on any atom is -0.508 e. The Morgan fingerprint density at radius 3 is 2.23 bits per heavy atom. The van der Waals surface area contributed by atoms with Crippen molar-refractivity contribution in [3.8, 4) is 39.3 Å². The first-order valence-corrected chi connectivity index (χ1v) is 9.66. The number of halogens is 2. The van der Waals surface area contributed by atoms with Gasteiger partial charge in [-0.15, -0.1) is 0 Å². The average Bonchev–Trinajstić information content (AvgIpc) is 3.21. The molecule has 0 atom stereocenters. The number of aromatic nitrogens is 2. The molecule has 0 aliphatic carbocycles. The van der Waals surface area contributed by atoms with Crippen LogP contribution in [0.15, 0.2) is 52.0 Å². The fraction of sp³-hybridized carbons (Fsp3) is 0.167. The number of hydrogen-bond donors (Lipinski definition) is 1. The molecule has 7 heteroatoms. The maximum absolute atomic E-state index is 14.2. The lowest BCUT2D eigenvalue weighted by atomic mass is 9.92. The highest BCUT2D eigenvalue weighted by atomic mass is 19.2. The molecule has 2 aromatic heterocycles. The minimum atomic E-state index is -0.931. The predicted octanol–water partition coefficient (Wildman–Crippen LogP) is 5.66. The lowest BCUT2D eigenvalue weighted by Gasteiger charge is -2.11. The lowest BCUT2D eigenvalue weighted by Crippen LogP contribution is -1.99. The monoisotopic (exact) mass is 421 g/mol. The molecule has 1 N–H and O–H groups in total. The van der Waals surface area contributed by atoms with E-state index in [2.05, 4.69) is 10.1 Å². The van der Waals surface area contributed by atoms with Gasteiger partial charge in [-0.3, -0.25) is 4.99 Å². The molecular formula is C24H21F2N3O2. The molecule has 158 valence electrons. The van der Waals surface area contributed by atoms with Gasteiger partial charge < -0.3 is 14.2 Å². The van der Waals surface area contributed by atoms with Crippen molar-refractivity contribution in [2.75, 3.05) is 7.05 Å². The summed E-state index contributed by atoms with van der Waals surface area (Å²) in [5.74, 6) is -1.08. The summed E-state index contributed by atoms with van der Waals surface area (Å²) in [5, 5.41) is 13.9. The van der Waals surface area contributed by atoms with Gasteiger partial charge in [0, 0.05) is 37.0 Å². The first kappa shape index (κ1) is 20.5. The molecule has 0 spiro atoms. The number of nitrogens with zero attached hydrogens (tertiary/aromatic N) is 3. The fourth-order valence-corrected chi connectivity index (χ4v) is 3.96. The van der Waals surface area contributed by atoms with Crippen molar-refractivity contribution >= 4 is 6.21 Å². The third-order valence-corrected chi connectivity index (χ3v) is 5.32. The second-order valence-electron chi connectivity index (χ2n) is 7.31. The summed E-state index contributed by atoms with van der Waals surface area (Å²) in [6, 6.07) is 10.6. The Morgan fingerprint density at radius 1 is 0.968 bits per heavy atom. The molecule has 4 rings (SSSR count). The van der Waals surface area contributed by atoms with E-state index in [1.54, 1.807) is 43.6 Å². The van der Waals surface area contributed by atoms with Crippen molar-refractivity contribution in [1.29, 1.82) is 0 Å². The van der Waals surface area contributed by atoms with Crippen LogP contribution in [0.1, 0.15) is 17.1 Å². The number of aliphatic imine (C=N–C) groups is 1. The van der Waals surface area contributed by atoms with Gasteiger partial charge in [-0.1, -0.05) is 17.3 Å². The van der Waals surface area contributed by atoms with E-state index < -0.39 is 11.6 Å². The van der Waals surface area contributed by atoms with Crippen molar-refractivity contribution in [2.24, 2.45) is 12.0 Å². The van der Waals surface area contributed by atoms with Crippen LogP contribution in [0, 0.1) is 25.5 Å². The van der Waals surface area contributed by atoms with Crippen LogP contribution < -0.4 is 0 Å². The first-order valence-electron chi connectivity index (χ1n) is 9.66. The molecule has 4 aromatic rings. The van der Waals surface area contributed by atoms with Gasteiger partial charge in [-0.05, 0) is 49.7 Å². The van der Waals surface area contributed by atoms with E-state index in [4.69, 9.17) is 4.52 Å². The van der Waals surface area contributed by atoms with E-state index >= 15 is 0 Å². The molecular weight excluding hydrogens is 400 g/mol. The molecule has 0 saturated carbocycles. The number of phenols is 1. The second kappa shape index (κ2) is 7.83. The quantitative estimate of drug-likeness (QED) is 0.432. The molecule has 0 unspecified atom stereocenters. The normalized spacial score (nSPS) is 11.5. The van der Waals surface area contributed by atoms with E-state index in [0.29, 0.717) is 22.7 Å². The highest BCUT2D eigenvalue weighted by molar-refractivity contribution is 6.04. The van der Waals surface area contributed by atoms with Crippen molar-refractivity contribution in [1.82, 2.24) is 9.72 Å². The van der Waals surface area contributed by atoms with Crippen LogP contribution in [0.25, 0.3) is 33.5 Å². The summed E-state index contributed by atoms with van der Waals surface area (Å²) in [5.41, 5.74) is 5.84. The molecule has 2 heterocycles. The number of phenolic OH excluding ortho intramolecular Hbond substituents is 1. The molecule has 0 saturated heterocycles. The Morgan fingerprint density at radius 2 is 1.65 bits per heavy atom. The molecule has 0 amide bonds. The van der Waals surface area contributed by atoms with Gasteiger partial charge in [-0.2, -0.15) is 0 Å².